The molecule has 0 spiro atoms. The molecule has 3 heterocycles. The van der Waals surface area contributed by atoms with Crippen molar-refractivity contribution in [1.29, 1.82) is 0 Å². The van der Waals surface area contributed by atoms with Crippen molar-refractivity contribution < 1.29 is 13.9 Å². The molecule has 3 aromatic heterocycles. The Hall–Kier alpha value is -3.00. The summed E-state index contributed by atoms with van der Waals surface area (Å²) in [5.74, 6) is 3.52. The Morgan fingerprint density at radius 3 is 2.46 bits per heavy atom. The molecule has 0 aliphatic rings. The number of aromatic nitrogens is 4. The zero-order chi connectivity index (χ0) is 19.8. The summed E-state index contributed by atoms with van der Waals surface area (Å²) >= 11 is 1.54. The van der Waals surface area contributed by atoms with Crippen molar-refractivity contribution in [2.45, 2.75) is 30.7 Å². The molecular formula is C20H20N4O3S. The van der Waals surface area contributed by atoms with E-state index in [1.165, 1.54) is 0 Å². The molecule has 0 unspecified atom stereocenters. The molecule has 0 saturated heterocycles. The molecule has 0 atom stereocenters. The molecule has 0 aliphatic heterocycles. The summed E-state index contributed by atoms with van der Waals surface area (Å²) in [5, 5.41) is 5.54. The molecule has 0 aliphatic carbocycles. The van der Waals surface area contributed by atoms with Crippen LogP contribution in [0.25, 0.3) is 16.9 Å². The maximum Gasteiger partial charge on any atom is 0.181 e. The highest BCUT2D eigenvalue weighted by Crippen LogP contribution is 2.36. The van der Waals surface area contributed by atoms with Gasteiger partial charge in [0.05, 0.1) is 31.1 Å². The van der Waals surface area contributed by atoms with Gasteiger partial charge in [-0.2, -0.15) is 0 Å². The highest BCUT2D eigenvalue weighted by atomic mass is 32.2. The first kappa shape index (κ1) is 18.4. The van der Waals surface area contributed by atoms with E-state index >= 15 is 0 Å². The monoisotopic (exact) mass is 396 g/mol. The molecule has 0 fully saturated rings. The molecule has 4 aromatic rings. The van der Waals surface area contributed by atoms with Gasteiger partial charge in [0.2, 0.25) is 0 Å². The van der Waals surface area contributed by atoms with Crippen molar-refractivity contribution in [1.82, 2.24) is 19.6 Å². The van der Waals surface area contributed by atoms with Gasteiger partial charge in [-0.15, -0.1) is 5.10 Å². The quantitative estimate of drug-likeness (QED) is 0.492. The first-order chi connectivity index (χ1) is 13.5. The molecule has 1 aromatic carbocycles. The number of rotatable bonds is 5. The van der Waals surface area contributed by atoms with E-state index in [0.717, 1.165) is 38.3 Å². The molecule has 28 heavy (non-hydrogen) atoms. The zero-order valence-corrected chi connectivity index (χ0v) is 17.1. The van der Waals surface area contributed by atoms with Gasteiger partial charge in [-0.1, -0.05) is 11.8 Å². The number of nitrogens with zero attached hydrogens (tertiary/aromatic N) is 4. The van der Waals surface area contributed by atoms with E-state index in [0.29, 0.717) is 17.3 Å². The van der Waals surface area contributed by atoms with Crippen LogP contribution in [0.2, 0.25) is 0 Å². The van der Waals surface area contributed by atoms with E-state index in [-0.39, 0.29) is 0 Å². The fourth-order valence-electron chi connectivity index (χ4n) is 3.04. The molecule has 0 amide bonds. The van der Waals surface area contributed by atoms with Gasteiger partial charge in [0.15, 0.2) is 17.3 Å². The van der Waals surface area contributed by atoms with Crippen LogP contribution in [0.4, 0.5) is 0 Å². The third-order valence-corrected chi connectivity index (χ3v) is 5.58. The van der Waals surface area contributed by atoms with Crippen molar-refractivity contribution in [2.75, 3.05) is 14.2 Å². The molecule has 0 radical (unpaired) electrons. The SMILES string of the molecule is COc1ccc(-c2nc(Sc3ccoc3C)c3c(C)nc(C)n3n2)cc1OC. The molecule has 0 bridgehead atoms. The maximum absolute atomic E-state index is 5.44. The fraction of sp³-hybridized carbons (Fsp3) is 0.250. The lowest BCUT2D eigenvalue weighted by molar-refractivity contribution is 0.355. The van der Waals surface area contributed by atoms with Crippen LogP contribution in [0.1, 0.15) is 17.3 Å². The second-order valence-electron chi connectivity index (χ2n) is 6.26. The van der Waals surface area contributed by atoms with Gasteiger partial charge in [-0.25, -0.2) is 14.5 Å². The van der Waals surface area contributed by atoms with Gasteiger partial charge in [-0.3, -0.25) is 0 Å². The summed E-state index contributed by atoms with van der Waals surface area (Å²) in [5.41, 5.74) is 2.61. The predicted octanol–water partition coefficient (Wildman–Crippen LogP) is 4.48. The number of hydrogen-bond donors (Lipinski definition) is 0. The van der Waals surface area contributed by atoms with Crippen molar-refractivity contribution >= 4 is 17.3 Å². The van der Waals surface area contributed by atoms with E-state index in [9.17, 15) is 0 Å². The Balaban J connectivity index is 1.90. The van der Waals surface area contributed by atoms with Crippen molar-refractivity contribution in [2.24, 2.45) is 0 Å². The molecule has 8 heteroatoms. The number of furan rings is 1. The number of methoxy groups -OCH3 is 2. The summed E-state index contributed by atoms with van der Waals surface area (Å²) in [7, 11) is 3.22. The Kier molecular flexibility index (Phi) is 4.72. The topological polar surface area (TPSA) is 74.7 Å². The average molecular weight is 396 g/mol. The highest BCUT2D eigenvalue weighted by Gasteiger charge is 2.18. The number of hydrogen-bond acceptors (Lipinski definition) is 7. The minimum Gasteiger partial charge on any atom is -0.493 e. The lowest BCUT2D eigenvalue weighted by atomic mass is 10.2. The summed E-state index contributed by atoms with van der Waals surface area (Å²) < 4.78 is 18.0. The van der Waals surface area contributed by atoms with Gasteiger partial charge >= 0.3 is 0 Å². The number of aryl methyl sites for hydroxylation is 3. The van der Waals surface area contributed by atoms with E-state index < -0.39 is 0 Å². The molecule has 7 nitrogen and oxygen atoms in total. The number of fused-ring (bicyclic) bond motifs is 1. The highest BCUT2D eigenvalue weighted by molar-refractivity contribution is 7.99. The Labute approximate surface area is 166 Å². The van der Waals surface area contributed by atoms with Gasteiger partial charge < -0.3 is 13.9 Å². The third kappa shape index (κ3) is 3.09. The van der Waals surface area contributed by atoms with Crippen LogP contribution in [0, 0.1) is 20.8 Å². The van der Waals surface area contributed by atoms with Crippen LogP contribution < -0.4 is 9.47 Å². The maximum atomic E-state index is 5.44. The van der Waals surface area contributed by atoms with E-state index in [1.807, 2.05) is 49.6 Å². The first-order valence-electron chi connectivity index (χ1n) is 8.70. The number of ether oxygens (including phenoxy) is 2. The van der Waals surface area contributed by atoms with Crippen LogP contribution in [-0.4, -0.2) is 33.8 Å². The Morgan fingerprint density at radius 1 is 1.00 bits per heavy atom. The standard InChI is InChI=1S/C20H20N4O3S/c1-11-18-20(28-17-8-9-27-12(17)2)22-19(23-24(18)13(3)21-11)14-6-7-15(25-4)16(10-14)26-5/h6-10H,1-5H3. The predicted molar refractivity (Wildman–Crippen MR) is 106 cm³/mol. The van der Waals surface area contributed by atoms with Gasteiger partial charge in [0.25, 0.3) is 0 Å². The summed E-state index contributed by atoms with van der Waals surface area (Å²) in [6, 6.07) is 7.57. The molecule has 0 N–H and O–H groups in total. The van der Waals surface area contributed by atoms with Crippen LogP contribution in [-0.2, 0) is 0 Å². The lowest BCUT2D eigenvalue weighted by Gasteiger charge is -2.11. The van der Waals surface area contributed by atoms with Crippen LogP contribution in [0.5, 0.6) is 11.5 Å². The molecular weight excluding hydrogens is 376 g/mol. The van der Waals surface area contributed by atoms with Gasteiger partial charge in [0.1, 0.15) is 22.1 Å². The second kappa shape index (κ2) is 7.20. The third-order valence-electron chi connectivity index (χ3n) is 4.45. The normalized spacial score (nSPS) is 11.2. The Morgan fingerprint density at radius 2 is 1.79 bits per heavy atom. The van der Waals surface area contributed by atoms with Crippen molar-refractivity contribution in [3.63, 3.8) is 0 Å². The number of benzene rings is 1. The van der Waals surface area contributed by atoms with Crippen molar-refractivity contribution in [3.8, 4) is 22.9 Å². The van der Waals surface area contributed by atoms with E-state index in [2.05, 4.69) is 4.98 Å². The smallest absolute Gasteiger partial charge is 0.181 e. The van der Waals surface area contributed by atoms with Crippen molar-refractivity contribution in [3.05, 3.63) is 47.8 Å². The van der Waals surface area contributed by atoms with E-state index in [1.54, 1.807) is 32.2 Å². The van der Waals surface area contributed by atoms with Gasteiger partial charge in [0, 0.05) is 5.56 Å². The Bertz CT molecular complexity index is 1170. The summed E-state index contributed by atoms with van der Waals surface area (Å²) in [4.78, 5) is 10.4. The minimum absolute atomic E-state index is 0.581. The number of imidazole rings is 1. The summed E-state index contributed by atoms with van der Waals surface area (Å²) in [6.07, 6.45) is 1.68. The average Bonchev–Trinajstić information content (AvgIpc) is 3.23. The van der Waals surface area contributed by atoms with Crippen LogP contribution in [0.3, 0.4) is 0 Å². The zero-order valence-electron chi connectivity index (χ0n) is 16.3. The van der Waals surface area contributed by atoms with Crippen LogP contribution in [0.15, 0.2) is 44.9 Å². The summed E-state index contributed by atoms with van der Waals surface area (Å²) in [6.45, 7) is 5.83. The first-order valence-corrected chi connectivity index (χ1v) is 9.51. The molecule has 144 valence electrons. The largest absolute Gasteiger partial charge is 0.493 e. The fourth-order valence-corrected chi connectivity index (χ4v) is 4.03. The van der Waals surface area contributed by atoms with E-state index in [4.69, 9.17) is 24.0 Å². The minimum atomic E-state index is 0.581. The van der Waals surface area contributed by atoms with Gasteiger partial charge in [-0.05, 0) is 45.0 Å². The second-order valence-corrected chi connectivity index (χ2v) is 7.29. The molecule has 4 rings (SSSR count). The lowest BCUT2D eigenvalue weighted by Crippen LogP contribution is -2.02. The molecule has 0 saturated carbocycles. The van der Waals surface area contributed by atoms with Crippen LogP contribution >= 0.6 is 11.8 Å².